The zero-order valence-corrected chi connectivity index (χ0v) is 13.2. The van der Waals surface area contributed by atoms with Crippen LogP contribution in [0.1, 0.15) is 46.7 Å². The second-order valence-electron chi connectivity index (χ2n) is 4.97. The van der Waals surface area contributed by atoms with E-state index in [1.54, 1.807) is 6.92 Å². The third kappa shape index (κ3) is 3.35. The standard InChI is InChI=1S/C15H21N3OS/c1-5-12-6-7-13(20-12)8-16-9(2)14-10(3)17-11(4)18-15(14)19/h6-7,9,16H,5,8H2,1-4H3,(H,17,18,19). The number of aryl methyl sites for hydroxylation is 3. The zero-order valence-electron chi connectivity index (χ0n) is 12.4. The fourth-order valence-electron chi connectivity index (χ4n) is 2.31. The number of hydrogen-bond acceptors (Lipinski definition) is 4. The average molecular weight is 291 g/mol. The molecule has 2 aromatic rings. The minimum absolute atomic E-state index is 0.0148. The number of thiophene rings is 1. The lowest BCUT2D eigenvalue weighted by Crippen LogP contribution is -2.27. The molecule has 2 aromatic heterocycles. The topological polar surface area (TPSA) is 57.8 Å². The molecule has 0 aromatic carbocycles. The summed E-state index contributed by atoms with van der Waals surface area (Å²) >= 11 is 1.82. The summed E-state index contributed by atoms with van der Waals surface area (Å²) in [7, 11) is 0. The molecule has 0 saturated heterocycles. The maximum absolute atomic E-state index is 12.0. The number of H-pyrrole nitrogens is 1. The first kappa shape index (κ1) is 14.9. The van der Waals surface area contributed by atoms with E-state index in [-0.39, 0.29) is 11.6 Å². The molecule has 0 aliphatic heterocycles. The van der Waals surface area contributed by atoms with Crippen molar-refractivity contribution in [1.82, 2.24) is 15.3 Å². The van der Waals surface area contributed by atoms with Crippen LogP contribution < -0.4 is 10.9 Å². The van der Waals surface area contributed by atoms with Crippen molar-refractivity contribution in [2.24, 2.45) is 0 Å². The van der Waals surface area contributed by atoms with E-state index in [0.717, 1.165) is 24.2 Å². The van der Waals surface area contributed by atoms with Crippen LogP contribution in [0.25, 0.3) is 0 Å². The molecular weight excluding hydrogens is 270 g/mol. The number of rotatable bonds is 5. The second-order valence-corrected chi connectivity index (χ2v) is 6.23. The van der Waals surface area contributed by atoms with E-state index in [1.165, 1.54) is 9.75 Å². The Bertz CT molecular complexity index is 645. The first-order chi connectivity index (χ1) is 9.51. The first-order valence-electron chi connectivity index (χ1n) is 6.89. The van der Waals surface area contributed by atoms with Crippen LogP contribution in [0.5, 0.6) is 0 Å². The molecule has 20 heavy (non-hydrogen) atoms. The summed E-state index contributed by atoms with van der Waals surface area (Å²) in [6, 6.07) is 4.30. The summed E-state index contributed by atoms with van der Waals surface area (Å²) in [5, 5.41) is 3.40. The predicted molar refractivity (Wildman–Crippen MR) is 83.3 cm³/mol. The fourth-order valence-corrected chi connectivity index (χ4v) is 3.22. The lowest BCUT2D eigenvalue weighted by Gasteiger charge is -2.14. The van der Waals surface area contributed by atoms with Crippen LogP contribution in [0.4, 0.5) is 0 Å². The number of hydrogen-bond donors (Lipinski definition) is 2. The van der Waals surface area contributed by atoms with E-state index < -0.39 is 0 Å². The van der Waals surface area contributed by atoms with Gasteiger partial charge in [0.25, 0.3) is 5.56 Å². The largest absolute Gasteiger partial charge is 0.310 e. The summed E-state index contributed by atoms with van der Waals surface area (Å²) in [6.07, 6.45) is 1.07. The van der Waals surface area contributed by atoms with Gasteiger partial charge in [0, 0.05) is 28.0 Å². The summed E-state index contributed by atoms with van der Waals surface area (Å²) in [4.78, 5) is 21.8. The van der Waals surface area contributed by atoms with E-state index >= 15 is 0 Å². The molecule has 2 heterocycles. The molecule has 0 saturated carbocycles. The van der Waals surface area contributed by atoms with E-state index in [4.69, 9.17) is 0 Å². The Hall–Kier alpha value is -1.46. The lowest BCUT2D eigenvalue weighted by atomic mass is 10.1. The molecule has 0 spiro atoms. The normalized spacial score (nSPS) is 12.6. The van der Waals surface area contributed by atoms with Gasteiger partial charge in [-0.1, -0.05) is 6.92 Å². The zero-order chi connectivity index (χ0) is 14.7. The van der Waals surface area contributed by atoms with Crippen molar-refractivity contribution in [3.8, 4) is 0 Å². The number of nitrogens with one attached hydrogen (secondary N) is 2. The van der Waals surface area contributed by atoms with Gasteiger partial charge in [-0.15, -0.1) is 11.3 Å². The SMILES string of the molecule is CCc1ccc(CNC(C)c2c(C)nc(C)[nH]c2=O)s1. The van der Waals surface area contributed by atoms with Crippen molar-refractivity contribution in [1.29, 1.82) is 0 Å². The van der Waals surface area contributed by atoms with E-state index in [9.17, 15) is 4.79 Å². The van der Waals surface area contributed by atoms with Gasteiger partial charge in [0.15, 0.2) is 0 Å². The van der Waals surface area contributed by atoms with Crippen LogP contribution in [0.3, 0.4) is 0 Å². The maximum atomic E-state index is 12.0. The summed E-state index contributed by atoms with van der Waals surface area (Å²) in [5.41, 5.74) is 1.48. The van der Waals surface area contributed by atoms with Crippen LogP contribution in [0.15, 0.2) is 16.9 Å². The van der Waals surface area contributed by atoms with E-state index in [2.05, 4.69) is 34.3 Å². The van der Waals surface area contributed by atoms with Gasteiger partial charge in [-0.3, -0.25) is 4.79 Å². The Morgan fingerprint density at radius 1 is 1.35 bits per heavy atom. The highest BCUT2D eigenvalue weighted by molar-refractivity contribution is 7.11. The Labute approximate surface area is 123 Å². The molecule has 2 rings (SSSR count). The lowest BCUT2D eigenvalue weighted by molar-refractivity contribution is 0.566. The third-order valence-corrected chi connectivity index (χ3v) is 4.58. The van der Waals surface area contributed by atoms with Gasteiger partial charge in [0.2, 0.25) is 0 Å². The molecule has 0 radical (unpaired) electrons. The minimum atomic E-state index is -0.0459. The molecule has 0 aliphatic rings. The predicted octanol–water partition coefficient (Wildman–Crippen LogP) is 2.86. The second kappa shape index (κ2) is 6.33. The molecule has 108 valence electrons. The van der Waals surface area contributed by atoms with Gasteiger partial charge < -0.3 is 10.3 Å². The summed E-state index contributed by atoms with van der Waals surface area (Å²) in [6.45, 7) is 8.62. The third-order valence-electron chi connectivity index (χ3n) is 3.35. The van der Waals surface area contributed by atoms with Crippen LogP contribution in [0.2, 0.25) is 0 Å². The molecule has 4 nitrogen and oxygen atoms in total. The summed E-state index contributed by atoms with van der Waals surface area (Å²) in [5.74, 6) is 0.661. The van der Waals surface area contributed by atoms with Crippen LogP contribution >= 0.6 is 11.3 Å². The maximum Gasteiger partial charge on any atom is 0.255 e. The van der Waals surface area contributed by atoms with Gasteiger partial charge in [0.05, 0.1) is 5.56 Å². The Kier molecular flexibility index (Phi) is 4.73. The smallest absolute Gasteiger partial charge is 0.255 e. The van der Waals surface area contributed by atoms with Crippen LogP contribution in [-0.2, 0) is 13.0 Å². The minimum Gasteiger partial charge on any atom is -0.310 e. The van der Waals surface area contributed by atoms with Gasteiger partial charge in [-0.2, -0.15) is 0 Å². The van der Waals surface area contributed by atoms with Crippen molar-refractivity contribution >= 4 is 11.3 Å². The molecule has 0 amide bonds. The molecular formula is C15H21N3OS. The van der Waals surface area contributed by atoms with Gasteiger partial charge >= 0.3 is 0 Å². The van der Waals surface area contributed by atoms with Crippen LogP contribution in [0, 0.1) is 13.8 Å². The average Bonchev–Trinajstić information content (AvgIpc) is 2.83. The number of aromatic amines is 1. The van der Waals surface area contributed by atoms with Crippen LogP contribution in [-0.4, -0.2) is 9.97 Å². The quantitative estimate of drug-likeness (QED) is 0.890. The molecule has 0 bridgehead atoms. The number of nitrogens with zero attached hydrogens (tertiary/aromatic N) is 1. The Morgan fingerprint density at radius 2 is 2.05 bits per heavy atom. The molecule has 2 N–H and O–H groups in total. The van der Waals surface area contributed by atoms with Gasteiger partial charge in [-0.25, -0.2) is 4.98 Å². The number of aromatic nitrogens is 2. The van der Waals surface area contributed by atoms with Crippen molar-refractivity contribution in [3.05, 3.63) is 49.3 Å². The molecule has 0 aliphatic carbocycles. The molecule has 1 atom stereocenters. The van der Waals surface area contributed by atoms with Gasteiger partial charge in [0.1, 0.15) is 5.82 Å². The van der Waals surface area contributed by atoms with E-state index in [1.807, 2.05) is 25.2 Å². The van der Waals surface area contributed by atoms with Crippen molar-refractivity contribution in [2.45, 2.75) is 46.7 Å². The monoisotopic (exact) mass is 291 g/mol. The molecule has 5 heteroatoms. The summed E-state index contributed by atoms with van der Waals surface area (Å²) < 4.78 is 0. The highest BCUT2D eigenvalue weighted by Crippen LogP contribution is 2.18. The highest BCUT2D eigenvalue weighted by Gasteiger charge is 2.14. The fraction of sp³-hybridized carbons (Fsp3) is 0.467. The van der Waals surface area contributed by atoms with E-state index in [0.29, 0.717) is 5.82 Å². The molecule has 1 unspecified atom stereocenters. The van der Waals surface area contributed by atoms with Crippen molar-refractivity contribution in [2.75, 3.05) is 0 Å². The van der Waals surface area contributed by atoms with Gasteiger partial charge in [-0.05, 0) is 39.3 Å². The Balaban J connectivity index is 2.09. The van der Waals surface area contributed by atoms with Crippen molar-refractivity contribution in [3.63, 3.8) is 0 Å². The molecule has 0 fully saturated rings. The van der Waals surface area contributed by atoms with Crippen molar-refractivity contribution < 1.29 is 0 Å². The first-order valence-corrected chi connectivity index (χ1v) is 7.71. The Morgan fingerprint density at radius 3 is 2.65 bits per heavy atom. The highest BCUT2D eigenvalue weighted by atomic mass is 32.1.